The van der Waals surface area contributed by atoms with Crippen molar-refractivity contribution in [3.63, 3.8) is 0 Å². The summed E-state index contributed by atoms with van der Waals surface area (Å²) in [5.41, 5.74) is 0.489. The highest BCUT2D eigenvalue weighted by Crippen LogP contribution is 2.31. The number of unbranched alkanes of at least 4 members (excludes halogenated alkanes) is 1. The molecule has 0 saturated heterocycles. The molecule has 0 unspecified atom stereocenters. The molecule has 0 bridgehead atoms. The molecule has 100 valence electrons. The molecule has 1 aromatic carbocycles. The highest BCUT2D eigenvalue weighted by atomic mass is 19.3. The molecule has 0 spiro atoms. The summed E-state index contributed by atoms with van der Waals surface area (Å²) < 4.78 is 28.2. The summed E-state index contributed by atoms with van der Waals surface area (Å²) in [6, 6.07) is 4.47. The minimum Gasteiger partial charge on any atom is -0.504 e. The lowest BCUT2D eigenvalue weighted by molar-refractivity contribution is 0.134. The van der Waals surface area contributed by atoms with Gasteiger partial charge in [0.2, 0.25) is 6.43 Å². The molecule has 1 aromatic rings. The van der Waals surface area contributed by atoms with Crippen molar-refractivity contribution in [2.75, 3.05) is 0 Å². The third-order valence-corrected chi connectivity index (χ3v) is 2.40. The van der Waals surface area contributed by atoms with Gasteiger partial charge in [0, 0.05) is 6.42 Å². The number of benzene rings is 1. The Hall–Kier alpha value is -1.85. The molecule has 0 saturated carbocycles. The molecule has 1 rings (SSSR count). The van der Waals surface area contributed by atoms with Gasteiger partial charge in [-0.15, -0.1) is 0 Å². The van der Waals surface area contributed by atoms with Crippen molar-refractivity contribution in [3.05, 3.63) is 23.8 Å². The number of aromatic hydroxyl groups is 1. The first-order valence-electron chi connectivity index (χ1n) is 5.50. The van der Waals surface area contributed by atoms with Crippen LogP contribution < -0.4 is 4.74 Å². The van der Waals surface area contributed by atoms with Crippen LogP contribution in [0.4, 0.5) is 13.6 Å². The predicted molar refractivity (Wildman–Crippen MR) is 60.3 cm³/mol. The van der Waals surface area contributed by atoms with E-state index < -0.39 is 12.6 Å². The number of hydrogen-bond donors (Lipinski definition) is 2. The van der Waals surface area contributed by atoms with Crippen LogP contribution in [0.1, 0.15) is 24.8 Å². The average molecular weight is 260 g/mol. The Balaban J connectivity index is 2.58. The van der Waals surface area contributed by atoms with Gasteiger partial charge in [0.15, 0.2) is 11.5 Å². The Morgan fingerprint density at radius 1 is 1.33 bits per heavy atom. The fourth-order valence-electron chi connectivity index (χ4n) is 1.56. The van der Waals surface area contributed by atoms with E-state index in [0.29, 0.717) is 24.8 Å². The van der Waals surface area contributed by atoms with E-state index in [4.69, 9.17) is 5.11 Å². The Labute approximate surface area is 103 Å². The number of phenols is 1. The Bertz CT molecular complexity index is 407. The highest BCUT2D eigenvalue weighted by molar-refractivity contribution is 5.63. The monoisotopic (exact) mass is 260 g/mol. The number of aryl methyl sites for hydroxylation is 1. The lowest BCUT2D eigenvalue weighted by Gasteiger charge is -2.08. The van der Waals surface area contributed by atoms with Gasteiger partial charge in [-0.3, -0.25) is 0 Å². The molecule has 0 radical (unpaired) electrons. The number of halogens is 2. The SMILES string of the molecule is O=C(O)Oc1cccc(CCCCC(F)F)c1O. The molecule has 0 aromatic heterocycles. The first-order chi connectivity index (χ1) is 8.50. The van der Waals surface area contributed by atoms with E-state index in [-0.39, 0.29) is 17.9 Å². The molecular formula is C12H14F2O4. The van der Waals surface area contributed by atoms with Crippen LogP contribution in [0.15, 0.2) is 18.2 Å². The number of alkyl halides is 2. The molecule has 4 nitrogen and oxygen atoms in total. The second kappa shape index (κ2) is 6.78. The minimum atomic E-state index is -2.32. The Kier molecular flexibility index (Phi) is 5.35. The Morgan fingerprint density at radius 2 is 2.06 bits per heavy atom. The van der Waals surface area contributed by atoms with Gasteiger partial charge in [0.05, 0.1) is 0 Å². The summed E-state index contributed by atoms with van der Waals surface area (Å²) in [7, 11) is 0. The normalized spacial score (nSPS) is 10.6. The van der Waals surface area contributed by atoms with Crippen LogP contribution in [-0.4, -0.2) is 22.8 Å². The number of phenolic OH excluding ortho intramolecular Hbond substituents is 1. The third-order valence-electron chi connectivity index (χ3n) is 2.40. The van der Waals surface area contributed by atoms with Crippen molar-refractivity contribution in [2.45, 2.75) is 32.1 Å². The largest absolute Gasteiger partial charge is 0.511 e. The Morgan fingerprint density at radius 3 is 2.67 bits per heavy atom. The minimum absolute atomic E-state index is 0.145. The van der Waals surface area contributed by atoms with Gasteiger partial charge in [-0.05, 0) is 30.9 Å². The number of para-hydroxylation sites is 1. The van der Waals surface area contributed by atoms with E-state index in [1.807, 2.05) is 0 Å². The average Bonchev–Trinajstić information content (AvgIpc) is 2.28. The lowest BCUT2D eigenvalue weighted by Crippen LogP contribution is -2.03. The second-order valence-corrected chi connectivity index (χ2v) is 3.77. The fourth-order valence-corrected chi connectivity index (χ4v) is 1.56. The van der Waals surface area contributed by atoms with Crippen molar-refractivity contribution in [1.82, 2.24) is 0 Å². The van der Waals surface area contributed by atoms with Crippen molar-refractivity contribution in [3.8, 4) is 11.5 Å². The highest BCUT2D eigenvalue weighted by Gasteiger charge is 2.11. The van der Waals surface area contributed by atoms with E-state index in [2.05, 4.69) is 4.74 Å². The van der Waals surface area contributed by atoms with Gasteiger partial charge in [-0.2, -0.15) is 0 Å². The smallest absolute Gasteiger partial charge is 0.504 e. The number of carboxylic acid groups (broad SMARTS) is 1. The van der Waals surface area contributed by atoms with Gasteiger partial charge in [-0.1, -0.05) is 12.1 Å². The van der Waals surface area contributed by atoms with Crippen molar-refractivity contribution < 1.29 is 28.5 Å². The first kappa shape index (κ1) is 14.2. The van der Waals surface area contributed by atoms with Crippen LogP contribution in [-0.2, 0) is 6.42 Å². The molecule has 6 heteroatoms. The number of hydrogen-bond acceptors (Lipinski definition) is 3. The van der Waals surface area contributed by atoms with Crippen LogP contribution in [0.25, 0.3) is 0 Å². The van der Waals surface area contributed by atoms with Gasteiger partial charge >= 0.3 is 6.16 Å². The molecule has 2 N–H and O–H groups in total. The van der Waals surface area contributed by atoms with Gasteiger partial charge < -0.3 is 14.9 Å². The number of carbonyl (C=O) groups is 1. The second-order valence-electron chi connectivity index (χ2n) is 3.77. The van der Waals surface area contributed by atoms with Crippen LogP contribution >= 0.6 is 0 Å². The summed E-state index contributed by atoms with van der Waals surface area (Å²) in [4.78, 5) is 10.4. The van der Waals surface area contributed by atoms with Crippen molar-refractivity contribution >= 4 is 6.16 Å². The molecule has 0 fully saturated rings. The van der Waals surface area contributed by atoms with E-state index in [0.717, 1.165) is 0 Å². The zero-order valence-corrected chi connectivity index (χ0v) is 9.60. The molecule has 18 heavy (non-hydrogen) atoms. The maximum atomic E-state index is 11.9. The van der Waals surface area contributed by atoms with Crippen molar-refractivity contribution in [1.29, 1.82) is 0 Å². The van der Waals surface area contributed by atoms with Crippen LogP contribution in [0, 0.1) is 0 Å². The number of ether oxygens (including phenoxy) is 1. The summed E-state index contributed by atoms with van der Waals surface area (Å²) in [5.74, 6) is -0.397. The maximum absolute atomic E-state index is 11.9. The summed E-state index contributed by atoms with van der Waals surface area (Å²) in [6.45, 7) is 0. The molecule has 0 aliphatic heterocycles. The summed E-state index contributed by atoms with van der Waals surface area (Å²) >= 11 is 0. The van der Waals surface area contributed by atoms with Gasteiger partial charge in [0.1, 0.15) is 0 Å². The van der Waals surface area contributed by atoms with Crippen LogP contribution in [0.2, 0.25) is 0 Å². The molecule has 0 heterocycles. The van der Waals surface area contributed by atoms with E-state index in [9.17, 15) is 18.7 Å². The third kappa shape index (κ3) is 4.57. The predicted octanol–water partition coefficient (Wildman–Crippen LogP) is 3.43. The van der Waals surface area contributed by atoms with E-state index in [1.165, 1.54) is 6.07 Å². The summed E-state index contributed by atoms with van der Waals surface area (Å²) in [5, 5.41) is 18.2. The molecule has 0 aliphatic rings. The topological polar surface area (TPSA) is 66.8 Å². The summed E-state index contributed by atoms with van der Waals surface area (Å²) in [6.07, 6.45) is -2.77. The molecule has 0 atom stereocenters. The quantitative estimate of drug-likeness (QED) is 0.467. The van der Waals surface area contributed by atoms with Crippen LogP contribution in [0.5, 0.6) is 11.5 Å². The van der Waals surface area contributed by atoms with Gasteiger partial charge in [0.25, 0.3) is 0 Å². The van der Waals surface area contributed by atoms with E-state index in [1.54, 1.807) is 12.1 Å². The molecular weight excluding hydrogens is 246 g/mol. The van der Waals surface area contributed by atoms with Gasteiger partial charge in [-0.25, -0.2) is 13.6 Å². The standard InChI is InChI=1S/C12H14F2O4/c13-10(14)7-2-1-4-8-5-3-6-9(11(8)15)18-12(16)17/h3,5-6,10,15H,1-2,4,7H2,(H,16,17). The van der Waals surface area contributed by atoms with Crippen LogP contribution in [0.3, 0.4) is 0 Å². The van der Waals surface area contributed by atoms with E-state index >= 15 is 0 Å². The molecule has 0 amide bonds. The number of rotatable bonds is 6. The lowest BCUT2D eigenvalue weighted by atomic mass is 10.1. The fraction of sp³-hybridized carbons (Fsp3) is 0.417. The zero-order valence-electron chi connectivity index (χ0n) is 9.60. The zero-order chi connectivity index (χ0) is 13.5. The maximum Gasteiger partial charge on any atom is 0.511 e. The van der Waals surface area contributed by atoms with Crippen molar-refractivity contribution in [2.24, 2.45) is 0 Å². The molecule has 0 aliphatic carbocycles. The first-order valence-corrected chi connectivity index (χ1v) is 5.50.